The second kappa shape index (κ2) is 5.33. The third-order valence-corrected chi connectivity index (χ3v) is 3.24. The summed E-state index contributed by atoms with van der Waals surface area (Å²) in [7, 11) is 1.59. The Balaban J connectivity index is 2.69. The highest BCUT2D eigenvalue weighted by Crippen LogP contribution is 2.32. The van der Waals surface area contributed by atoms with Crippen LogP contribution in [-0.2, 0) is 0 Å². The molecule has 4 heteroatoms. The van der Waals surface area contributed by atoms with Gasteiger partial charge in [0.1, 0.15) is 11.6 Å². The quantitative estimate of drug-likeness (QED) is 0.925. The van der Waals surface area contributed by atoms with Gasteiger partial charge in [0.2, 0.25) is 0 Å². The Labute approximate surface area is 116 Å². The van der Waals surface area contributed by atoms with Crippen LogP contribution >= 0.6 is 0 Å². The topological polar surface area (TPSA) is 46.5 Å². The summed E-state index contributed by atoms with van der Waals surface area (Å²) in [6.07, 6.45) is 0. The van der Waals surface area contributed by atoms with Crippen molar-refractivity contribution >= 4 is 5.97 Å². The number of carbonyl (C=O) groups is 1. The van der Waals surface area contributed by atoms with Crippen LogP contribution < -0.4 is 4.74 Å². The van der Waals surface area contributed by atoms with E-state index in [-0.39, 0.29) is 5.56 Å². The van der Waals surface area contributed by atoms with E-state index in [0.717, 1.165) is 28.5 Å². The summed E-state index contributed by atoms with van der Waals surface area (Å²) in [5, 5.41) is 9.22. The molecule has 0 fully saturated rings. The predicted octanol–water partition coefficient (Wildman–Crippen LogP) is 3.82. The van der Waals surface area contributed by atoms with Crippen molar-refractivity contribution in [2.75, 3.05) is 7.11 Å². The fraction of sp³-hybridized carbons (Fsp3) is 0.188. The zero-order valence-electron chi connectivity index (χ0n) is 11.5. The van der Waals surface area contributed by atoms with Crippen LogP contribution in [-0.4, -0.2) is 18.2 Å². The third kappa shape index (κ3) is 2.50. The van der Waals surface area contributed by atoms with Crippen LogP contribution in [0.1, 0.15) is 21.5 Å². The van der Waals surface area contributed by atoms with Gasteiger partial charge in [-0.2, -0.15) is 0 Å². The summed E-state index contributed by atoms with van der Waals surface area (Å²) in [4.78, 5) is 11.3. The van der Waals surface area contributed by atoms with Gasteiger partial charge in [0.25, 0.3) is 0 Å². The number of benzene rings is 2. The first-order valence-corrected chi connectivity index (χ1v) is 6.12. The maximum Gasteiger partial charge on any atom is 0.336 e. The Morgan fingerprint density at radius 3 is 2.40 bits per heavy atom. The number of carboxylic acid groups (broad SMARTS) is 1. The van der Waals surface area contributed by atoms with E-state index >= 15 is 0 Å². The Morgan fingerprint density at radius 2 is 1.80 bits per heavy atom. The maximum absolute atomic E-state index is 13.2. The molecule has 0 aliphatic heterocycles. The van der Waals surface area contributed by atoms with Crippen molar-refractivity contribution in [3.63, 3.8) is 0 Å². The second-order valence-corrected chi connectivity index (χ2v) is 4.63. The predicted molar refractivity (Wildman–Crippen MR) is 74.8 cm³/mol. The van der Waals surface area contributed by atoms with Gasteiger partial charge in [-0.3, -0.25) is 0 Å². The van der Waals surface area contributed by atoms with Crippen molar-refractivity contribution in [1.82, 2.24) is 0 Å². The van der Waals surface area contributed by atoms with Gasteiger partial charge in [-0.1, -0.05) is 6.07 Å². The zero-order chi connectivity index (χ0) is 14.9. The minimum atomic E-state index is -1.15. The lowest BCUT2D eigenvalue weighted by atomic mass is 9.94. The van der Waals surface area contributed by atoms with Gasteiger partial charge in [0, 0.05) is 0 Å². The SMILES string of the molecule is COc1cc(C)c(-c2ccc(F)cc2C(=O)O)cc1C. The molecule has 0 radical (unpaired) electrons. The molecule has 0 bridgehead atoms. The van der Waals surface area contributed by atoms with Crippen LogP contribution in [0.5, 0.6) is 5.75 Å². The van der Waals surface area contributed by atoms with Gasteiger partial charge >= 0.3 is 5.97 Å². The number of aryl methyl sites for hydroxylation is 2. The molecular formula is C16H15FO3. The molecule has 0 aromatic heterocycles. The van der Waals surface area contributed by atoms with Gasteiger partial charge in [0.15, 0.2) is 0 Å². The van der Waals surface area contributed by atoms with Crippen molar-refractivity contribution in [3.8, 4) is 16.9 Å². The van der Waals surface area contributed by atoms with E-state index in [0.29, 0.717) is 5.56 Å². The van der Waals surface area contributed by atoms with Gasteiger partial charge in [-0.05, 0) is 60.4 Å². The Kier molecular flexibility index (Phi) is 3.74. The minimum absolute atomic E-state index is 0.0438. The average molecular weight is 274 g/mol. The van der Waals surface area contributed by atoms with Gasteiger partial charge in [-0.25, -0.2) is 9.18 Å². The average Bonchev–Trinajstić information content (AvgIpc) is 2.41. The lowest BCUT2D eigenvalue weighted by Crippen LogP contribution is -2.02. The summed E-state index contributed by atoms with van der Waals surface area (Å²) in [6.45, 7) is 3.75. The van der Waals surface area contributed by atoms with E-state index in [9.17, 15) is 14.3 Å². The molecule has 0 amide bonds. The smallest absolute Gasteiger partial charge is 0.336 e. The molecule has 0 heterocycles. The van der Waals surface area contributed by atoms with E-state index in [4.69, 9.17) is 4.74 Å². The molecule has 0 aliphatic carbocycles. The summed E-state index contributed by atoms with van der Waals surface area (Å²) < 4.78 is 18.5. The van der Waals surface area contributed by atoms with Crippen LogP contribution in [0, 0.1) is 19.7 Å². The van der Waals surface area contributed by atoms with Gasteiger partial charge < -0.3 is 9.84 Å². The first-order chi connectivity index (χ1) is 9.43. The molecule has 2 aromatic rings. The highest BCUT2D eigenvalue weighted by atomic mass is 19.1. The van der Waals surface area contributed by atoms with E-state index in [2.05, 4.69) is 0 Å². The van der Waals surface area contributed by atoms with Gasteiger partial charge in [-0.15, -0.1) is 0 Å². The number of carboxylic acids is 1. The Bertz CT molecular complexity index is 678. The third-order valence-electron chi connectivity index (χ3n) is 3.24. The number of hydrogen-bond acceptors (Lipinski definition) is 2. The molecule has 0 unspecified atom stereocenters. The fourth-order valence-electron chi connectivity index (χ4n) is 2.23. The lowest BCUT2D eigenvalue weighted by Gasteiger charge is -2.13. The van der Waals surface area contributed by atoms with Crippen LogP contribution in [0.15, 0.2) is 30.3 Å². The monoisotopic (exact) mass is 274 g/mol. The molecule has 20 heavy (non-hydrogen) atoms. The van der Waals surface area contributed by atoms with Crippen LogP contribution in [0.2, 0.25) is 0 Å². The summed E-state index contributed by atoms with van der Waals surface area (Å²) >= 11 is 0. The minimum Gasteiger partial charge on any atom is -0.496 e. The highest BCUT2D eigenvalue weighted by molar-refractivity contribution is 5.96. The molecule has 0 aliphatic rings. The normalized spacial score (nSPS) is 10.4. The molecule has 0 saturated carbocycles. The molecular weight excluding hydrogens is 259 g/mol. The van der Waals surface area contributed by atoms with Crippen molar-refractivity contribution in [3.05, 3.63) is 52.8 Å². The molecule has 0 atom stereocenters. The highest BCUT2D eigenvalue weighted by Gasteiger charge is 2.15. The van der Waals surface area contributed by atoms with Crippen molar-refractivity contribution < 1.29 is 19.0 Å². The van der Waals surface area contributed by atoms with E-state index in [1.54, 1.807) is 7.11 Å². The number of ether oxygens (including phenoxy) is 1. The van der Waals surface area contributed by atoms with Gasteiger partial charge in [0.05, 0.1) is 12.7 Å². The first kappa shape index (κ1) is 14.1. The Hall–Kier alpha value is -2.36. The molecule has 0 spiro atoms. The van der Waals surface area contributed by atoms with Crippen molar-refractivity contribution in [1.29, 1.82) is 0 Å². The molecule has 3 nitrogen and oxygen atoms in total. The summed E-state index contributed by atoms with van der Waals surface area (Å²) in [6, 6.07) is 7.50. The fourth-order valence-corrected chi connectivity index (χ4v) is 2.23. The number of halogens is 1. The van der Waals surface area contributed by atoms with E-state index in [1.807, 2.05) is 26.0 Å². The lowest BCUT2D eigenvalue weighted by molar-refractivity contribution is 0.0697. The molecule has 104 valence electrons. The maximum atomic E-state index is 13.2. The first-order valence-electron chi connectivity index (χ1n) is 6.12. The standard InChI is InChI=1S/C16H15FO3/c1-9-7-15(20-3)10(2)6-13(9)12-5-4-11(17)8-14(12)16(18)19/h4-8H,1-3H3,(H,18,19). The van der Waals surface area contributed by atoms with E-state index in [1.165, 1.54) is 12.1 Å². The molecule has 0 saturated heterocycles. The molecule has 1 N–H and O–H groups in total. The number of aromatic carboxylic acids is 1. The molecule has 2 aromatic carbocycles. The zero-order valence-corrected chi connectivity index (χ0v) is 11.5. The largest absolute Gasteiger partial charge is 0.496 e. The van der Waals surface area contributed by atoms with Crippen molar-refractivity contribution in [2.24, 2.45) is 0 Å². The Morgan fingerprint density at radius 1 is 1.10 bits per heavy atom. The van der Waals surface area contributed by atoms with Crippen molar-refractivity contribution in [2.45, 2.75) is 13.8 Å². The molecule has 2 rings (SSSR count). The number of rotatable bonds is 3. The van der Waals surface area contributed by atoms with Crippen LogP contribution in [0.25, 0.3) is 11.1 Å². The second-order valence-electron chi connectivity index (χ2n) is 4.63. The van der Waals surface area contributed by atoms with E-state index < -0.39 is 11.8 Å². The summed E-state index contributed by atoms with van der Waals surface area (Å²) in [5.41, 5.74) is 3.00. The van der Waals surface area contributed by atoms with Crippen LogP contribution in [0.4, 0.5) is 4.39 Å². The van der Waals surface area contributed by atoms with Crippen LogP contribution in [0.3, 0.4) is 0 Å². The number of methoxy groups -OCH3 is 1. The number of hydrogen-bond donors (Lipinski definition) is 1. The summed E-state index contributed by atoms with van der Waals surface area (Å²) in [5.74, 6) is -0.966.